The maximum Gasteiger partial charge on any atom is 0.268 e. The van der Waals surface area contributed by atoms with E-state index >= 15 is 0 Å². The lowest BCUT2D eigenvalue weighted by Crippen LogP contribution is -2.10. The summed E-state index contributed by atoms with van der Waals surface area (Å²) < 4.78 is 6.19. The minimum absolute atomic E-state index is 0.0514. The lowest BCUT2D eigenvalue weighted by molar-refractivity contribution is 0.357. The predicted molar refractivity (Wildman–Crippen MR) is 78.7 cm³/mol. The molecule has 20 heavy (non-hydrogen) atoms. The maximum absolute atomic E-state index is 11.9. The molecule has 5 heteroatoms. The van der Waals surface area contributed by atoms with E-state index in [0.29, 0.717) is 16.9 Å². The van der Waals surface area contributed by atoms with Crippen LogP contribution < -0.4 is 10.3 Å². The van der Waals surface area contributed by atoms with Crippen molar-refractivity contribution in [2.24, 2.45) is 0 Å². The van der Waals surface area contributed by atoms with Crippen LogP contribution in [0.1, 0.15) is 17.0 Å². The summed E-state index contributed by atoms with van der Waals surface area (Å²) in [6, 6.07) is 8.05. The number of hydrogen-bond donors (Lipinski definition) is 1. The Morgan fingerprint density at radius 3 is 3.25 bits per heavy atom. The standard InChI is InChI=1S/C15H12N2O2S/c18-15-14-11(4-6-20-14)16-13(17-15)8-9-1-2-12-10(7-9)3-5-19-12/h1-2,4,6-7H,3,5,8H2,(H,16,17,18). The van der Waals surface area contributed by atoms with Crippen molar-refractivity contribution in [3.05, 3.63) is 57.0 Å². The lowest BCUT2D eigenvalue weighted by Gasteiger charge is -2.04. The van der Waals surface area contributed by atoms with Crippen molar-refractivity contribution in [1.29, 1.82) is 0 Å². The topological polar surface area (TPSA) is 55.0 Å². The number of benzene rings is 1. The predicted octanol–water partition coefficient (Wildman–Crippen LogP) is 2.51. The van der Waals surface area contributed by atoms with Gasteiger partial charge in [0, 0.05) is 12.8 Å². The van der Waals surface area contributed by atoms with Gasteiger partial charge in [0.05, 0.1) is 12.1 Å². The fourth-order valence-corrected chi connectivity index (χ4v) is 3.27. The largest absolute Gasteiger partial charge is 0.493 e. The van der Waals surface area contributed by atoms with Crippen LogP contribution in [0, 0.1) is 0 Å². The minimum Gasteiger partial charge on any atom is -0.493 e. The maximum atomic E-state index is 11.9. The molecule has 0 aliphatic carbocycles. The molecule has 1 aliphatic heterocycles. The number of nitrogens with zero attached hydrogens (tertiary/aromatic N) is 1. The van der Waals surface area contributed by atoms with E-state index in [1.807, 2.05) is 23.6 Å². The Kier molecular flexibility index (Phi) is 2.60. The van der Waals surface area contributed by atoms with Gasteiger partial charge in [-0.2, -0.15) is 0 Å². The summed E-state index contributed by atoms with van der Waals surface area (Å²) in [5.74, 6) is 1.68. The molecule has 0 fully saturated rings. The molecule has 0 unspecified atom stereocenters. The summed E-state index contributed by atoms with van der Waals surface area (Å²) in [4.78, 5) is 19.3. The number of rotatable bonds is 2. The highest BCUT2D eigenvalue weighted by atomic mass is 32.1. The summed E-state index contributed by atoms with van der Waals surface area (Å²) in [6.07, 6.45) is 1.59. The van der Waals surface area contributed by atoms with Crippen molar-refractivity contribution >= 4 is 21.6 Å². The zero-order chi connectivity index (χ0) is 13.5. The number of aromatic amines is 1. The monoisotopic (exact) mass is 284 g/mol. The van der Waals surface area contributed by atoms with Crippen molar-refractivity contribution in [3.8, 4) is 5.75 Å². The Morgan fingerprint density at radius 1 is 1.35 bits per heavy atom. The molecule has 1 N–H and O–H groups in total. The van der Waals surface area contributed by atoms with Crippen molar-refractivity contribution in [1.82, 2.24) is 9.97 Å². The second kappa shape index (κ2) is 4.45. The summed E-state index contributed by atoms with van der Waals surface area (Å²) in [5, 5.41) is 1.89. The molecule has 4 rings (SSSR count). The second-order valence-electron chi connectivity index (χ2n) is 4.86. The van der Waals surface area contributed by atoms with Gasteiger partial charge in [0.25, 0.3) is 5.56 Å². The molecule has 0 bridgehead atoms. The number of ether oxygens (including phenoxy) is 1. The van der Waals surface area contributed by atoms with Crippen LogP contribution in [-0.4, -0.2) is 16.6 Å². The molecule has 3 aromatic rings. The third-order valence-electron chi connectivity index (χ3n) is 3.49. The van der Waals surface area contributed by atoms with Gasteiger partial charge < -0.3 is 9.72 Å². The molecule has 0 radical (unpaired) electrons. The number of hydrogen-bond acceptors (Lipinski definition) is 4. The Morgan fingerprint density at radius 2 is 2.30 bits per heavy atom. The molecule has 3 heterocycles. The molecule has 4 nitrogen and oxygen atoms in total. The molecule has 0 saturated carbocycles. The van der Waals surface area contributed by atoms with Crippen LogP contribution in [0.25, 0.3) is 10.2 Å². The molecule has 100 valence electrons. The number of H-pyrrole nitrogens is 1. The Balaban J connectivity index is 1.72. The summed E-state index contributed by atoms with van der Waals surface area (Å²) in [6.45, 7) is 0.759. The van der Waals surface area contributed by atoms with E-state index in [-0.39, 0.29) is 5.56 Å². The van der Waals surface area contributed by atoms with Crippen LogP contribution in [0.15, 0.2) is 34.4 Å². The van der Waals surface area contributed by atoms with Crippen molar-refractivity contribution in [2.75, 3.05) is 6.61 Å². The molecule has 2 aromatic heterocycles. The quantitative estimate of drug-likeness (QED) is 0.786. The first-order valence-electron chi connectivity index (χ1n) is 6.50. The van der Waals surface area contributed by atoms with Gasteiger partial charge in [-0.15, -0.1) is 11.3 Å². The average molecular weight is 284 g/mol. The number of aromatic nitrogens is 2. The minimum atomic E-state index is -0.0514. The van der Waals surface area contributed by atoms with Crippen molar-refractivity contribution in [3.63, 3.8) is 0 Å². The van der Waals surface area contributed by atoms with E-state index in [4.69, 9.17) is 4.74 Å². The third-order valence-corrected chi connectivity index (χ3v) is 4.39. The highest BCUT2D eigenvalue weighted by molar-refractivity contribution is 7.17. The zero-order valence-electron chi connectivity index (χ0n) is 10.7. The summed E-state index contributed by atoms with van der Waals surface area (Å²) in [7, 11) is 0. The van der Waals surface area contributed by atoms with Crippen molar-refractivity contribution < 1.29 is 4.74 Å². The zero-order valence-corrected chi connectivity index (χ0v) is 11.5. The number of thiophene rings is 1. The van der Waals surface area contributed by atoms with Crippen LogP contribution in [0.5, 0.6) is 5.75 Å². The molecular formula is C15H12N2O2S. The van der Waals surface area contributed by atoms with Gasteiger partial charge in [-0.25, -0.2) is 4.98 Å². The average Bonchev–Trinajstić information content (AvgIpc) is 3.06. The van der Waals surface area contributed by atoms with Gasteiger partial charge in [0.15, 0.2) is 0 Å². The fraction of sp³-hybridized carbons (Fsp3) is 0.200. The smallest absolute Gasteiger partial charge is 0.268 e. The lowest BCUT2D eigenvalue weighted by atomic mass is 10.1. The number of fused-ring (bicyclic) bond motifs is 2. The van der Waals surface area contributed by atoms with Crippen LogP contribution in [0.4, 0.5) is 0 Å². The normalized spacial score (nSPS) is 13.4. The molecule has 0 saturated heterocycles. The van der Waals surface area contributed by atoms with E-state index in [1.54, 1.807) is 0 Å². The SMILES string of the molecule is O=c1[nH]c(Cc2ccc3c(c2)CCO3)nc2ccsc12. The van der Waals surface area contributed by atoms with Crippen molar-refractivity contribution in [2.45, 2.75) is 12.8 Å². The fourth-order valence-electron chi connectivity index (χ4n) is 2.55. The van der Waals surface area contributed by atoms with Crippen LogP contribution >= 0.6 is 11.3 Å². The third kappa shape index (κ3) is 1.91. The van der Waals surface area contributed by atoms with Gasteiger partial charge in [-0.1, -0.05) is 12.1 Å². The molecular weight excluding hydrogens is 272 g/mol. The van der Waals surface area contributed by atoms with Gasteiger partial charge in [0.2, 0.25) is 0 Å². The first-order valence-corrected chi connectivity index (χ1v) is 7.38. The van der Waals surface area contributed by atoms with Gasteiger partial charge in [-0.3, -0.25) is 4.79 Å². The van der Waals surface area contributed by atoms with Crippen LogP contribution in [0.2, 0.25) is 0 Å². The summed E-state index contributed by atoms with van der Waals surface area (Å²) in [5.41, 5.74) is 3.11. The molecule has 0 amide bonds. The molecule has 1 aliphatic rings. The van der Waals surface area contributed by atoms with Crippen LogP contribution in [0.3, 0.4) is 0 Å². The molecule has 0 atom stereocenters. The summed E-state index contributed by atoms with van der Waals surface area (Å²) >= 11 is 1.42. The van der Waals surface area contributed by atoms with E-state index in [0.717, 1.165) is 29.9 Å². The van der Waals surface area contributed by atoms with Gasteiger partial charge >= 0.3 is 0 Å². The van der Waals surface area contributed by atoms with E-state index < -0.39 is 0 Å². The second-order valence-corrected chi connectivity index (χ2v) is 5.78. The van der Waals surface area contributed by atoms with E-state index in [2.05, 4.69) is 16.0 Å². The highest BCUT2D eigenvalue weighted by Crippen LogP contribution is 2.26. The van der Waals surface area contributed by atoms with Gasteiger partial charge in [0.1, 0.15) is 16.3 Å². The Hall–Kier alpha value is -2.14. The van der Waals surface area contributed by atoms with E-state index in [9.17, 15) is 4.79 Å². The molecule has 1 aromatic carbocycles. The Labute approximate surface area is 119 Å². The number of nitrogens with one attached hydrogen (secondary N) is 1. The van der Waals surface area contributed by atoms with Gasteiger partial charge in [-0.05, 0) is 28.6 Å². The van der Waals surface area contributed by atoms with Crippen LogP contribution in [-0.2, 0) is 12.8 Å². The van der Waals surface area contributed by atoms with E-state index in [1.165, 1.54) is 16.9 Å². The first kappa shape index (κ1) is 11.7. The molecule has 0 spiro atoms. The first-order chi connectivity index (χ1) is 9.79. The Bertz CT molecular complexity index is 850. The highest BCUT2D eigenvalue weighted by Gasteiger charge is 2.13.